The van der Waals surface area contributed by atoms with Crippen LogP contribution >= 0.6 is 45.3 Å². The predicted molar refractivity (Wildman–Crippen MR) is 159 cm³/mol. The van der Waals surface area contributed by atoms with Crippen LogP contribution in [0.2, 0.25) is 0 Å². The van der Waals surface area contributed by atoms with E-state index < -0.39 is 0 Å². The molecule has 0 aliphatic carbocycles. The van der Waals surface area contributed by atoms with E-state index in [0.717, 1.165) is 0 Å². The lowest BCUT2D eigenvalue weighted by Crippen LogP contribution is -1.84. The summed E-state index contributed by atoms with van der Waals surface area (Å²) in [6.45, 7) is 9.09. The van der Waals surface area contributed by atoms with Gasteiger partial charge in [-0.05, 0) is 106 Å². The molecule has 0 saturated carbocycles. The highest BCUT2D eigenvalue weighted by molar-refractivity contribution is 7.14. The van der Waals surface area contributed by atoms with Gasteiger partial charge in [0.2, 0.25) is 0 Å². The lowest BCUT2D eigenvalue weighted by molar-refractivity contribution is 1.68. The quantitative estimate of drug-likeness (QED) is 0.179. The van der Waals surface area contributed by atoms with Crippen molar-refractivity contribution in [3.05, 3.63) is 65.3 Å². The molecule has 4 heterocycles. The first-order valence-electron chi connectivity index (χ1n) is 11.5. The molecule has 34 heavy (non-hydrogen) atoms. The Morgan fingerprint density at radius 2 is 0.588 bits per heavy atom. The average Bonchev–Trinajstić information content (AvgIpc) is 3.59. The van der Waals surface area contributed by atoms with Crippen molar-refractivity contribution < 1.29 is 0 Å². The first kappa shape index (κ1) is 19.8. The van der Waals surface area contributed by atoms with Gasteiger partial charge < -0.3 is 0 Å². The first-order valence-corrected chi connectivity index (χ1v) is 15.0. The van der Waals surface area contributed by atoms with E-state index in [-0.39, 0.29) is 0 Å². The van der Waals surface area contributed by atoms with E-state index >= 15 is 0 Å². The second-order valence-electron chi connectivity index (χ2n) is 9.46. The maximum Gasteiger partial charge on any atom is 0.00996 e. The van der Waals surface area contributed by atoms with Crippen LogP contribution in [0.25, 0.3) is 75.4 Å². The summed E-state index contributed by atoms with van der Waals surface area (Å²) in [6.07, 6.45) is 0. The fraction of sp³-hybridized carbons (Fsp3) is 0.133. The van der Waals surface area contributed by atoms with Crippen LogP contribution in [0, 0.1) is 27.7 Å². The maximum absolute atomic E-state index is 2.46. The van der Waals surface area contributed by atoms with Crippen LogP contribution in [-0.4, -0.2) is 0 Å². The van der Waals surface area contributed by atoms with Gasteiger partial charge in [-0.3, -0.25) is 0 Å². The first-order chi connectivity index (χ1) is 16.5. The summed E-state index contributed by atoms with van der Waals surface area (Å²) in [5.74, 6) is 0. The van der Waals surface area contributed by atoms with Gasteiger partial charge in [-0.25, -0.2) is 0 Å². The maximum atomic E-state index is 2.46. The minimum Gasteiger partial charge on any atom is -0.148 e. The zero-order valence-corrected chi connectivity index (χ0v) is 22.5. The SMILES string of the molecule is Cc1scc2c3cc4cc5c(cc4cc3c3csc(C)c3c12)c1csc(C)c1c1c(C)scc51. The highest BCUT2D eigenvalue weighted by Crippen LogP contribution is 2.47. The Morgan fingerprint density at radius 3 is 0.824 bits per heavy atom. The molecule has 0 atom stereocenters. The Morgan fingerprint density at radius 1 is 0.353 bits per heavy atom. The molecule has 4 heteroatoms. The van der Waals surface area contributed by atoms with E-state index in [1.165, 1.54) is 94.9 Å². The highest BCUT2D eigenvalue weighted by atomic mass is 32.1. The van der Waals surface area contributed by atoms with Crippen molar-refractivity contribution in [3.63, 3.8) is 0 Å². The Kier molecular flexibility index (Phi) is 3.83. The van der Waals surface area contributed by atoms with Crippen LogP contribution in [0.5, 0.6) is 0 Å². The Hall–Kier alpha value is -2.50. The molecule has 4 aromatic heterocycles. The number of aryl methyl sites for hydroxylation is 4. The fourth-order valence-electron chi connectivity index (χ4n) is 6.10. The molecule has 0 unspecified atom stereocenters. The van der Waals surface area contributed by atoms with Crippen molar-refractivity contribution in [2.24, 2.45) is 0 Å². The highest BCUT2D eigenvalue weighted by Gasteiger charge is 2.18. The third-order valence-electron chi connectivity index (χ3n) is 7.67. The van der Waals surface area contributed by atoms with Gasteiger partial charge in [0.15, 0.2) is 0 Å². The van der Waals surface area contributed by atoms with Crippen molar-refractivity contribution in [1.29, 1.82) is 0 Å². The molecule has 0 nitrogen and oxygen atoms in total. The summed E-state index contributed by atoms with van der Waals surface area (Å²) in [4.78, 5) is 5.70. The molecule has 0 saturated heterocycles. The van der Waals surface area contributed by atoms with Crippen LogP contribution < -0.4 is 0 Å². The standard InChI is InChI=1S/C30H20S4/c1-13-27-23(9-31-13)19-5-17-7-21-22(8-18(17)6-20(19)24-10-32-14(2)28(24)27)26-12-34-16(4)30(26)29-15(3)33-11-25(21)29/h5-12H,1-4H3. The topological polar surface area (TPSA) is 0 Å². The van der Waals surface area contributed by atoms with E-state index in [1.807, 2.05) is 45.3 Å². The molecule has 8 rings (SSSR count). The summed E-state index contributed by atoms with van der Waals surface area (Å²) in [5, 5.41) is 29.2. The predicted octanol–water partition coefficient (Wildman–Crippen LogP) is 11.2. The third kappa shape index (κ3) is 2.33. The van der Waals surface area contributed by atoms with Crippen molar-refractivity contribution in [2.45, 2.75) is 27.7 Å². The van der Waals surface area contributed by atoms with Crippen LogP contribution in [0.4, 0.5) is 0 Å². The zero-order chi connectivity index (χ0) is 22.9. The van der Waals surface area contributed by atoms with Crippen molar-refractivity contribution in [3.8, 4) is 0 Å². The van der Waals surface area contributed by atoms with Crippen molar-refractivity contribution in [1.82, 2.24) is 0 Å². The molecule has 0 aliphatic rings. The summed E-state index contributed by atoms with van der Waals surface area (Å²) >= 11 is 7.53. The molecular formula is C30H20S4. The van der Waals surface area contributed by atoms with Crippen LogP contribution in [0.15, 0.2) is 45.8 Å². The van der Waals surface area contributed by atoms with E-state index in [4.69, 9.17) is 0 Å². The third-order valence-corrected chi connectivity index (χ3v) is 11.3. The van der Waals surface area contributed by atoms with Crippen molar-refractivity contribution in [2.75, 3.05) is 0 Å². The Bertz CT molecular complexity index is 1850. The molecule has 0 fully saturated rings. The smallest absolute Gasteiger partial charge is 0.00996 e. The van der Waals surface area contributed by atoms with Crippen LogP contribution in [0.1, 0.15) is 19.5 Å². The number of hydrogen-bond acceptors (Lipinski definition) is 4. The van der Waals surface area contributed by atoms with E-state index in [2.05, 4.69) is 73.5 Å². The molecule has 0 N–H and O–H groups in total. The fourth-order valence-corrected chi connectivity index (χ4v) is 9.57. The van der Waals surface area contributed by atoms with E-state index in [1.54, 1.807) is 0 Å². The number of rotatable bonds is 0. The monoisotopic (exact) mass is 508 g/mol. The number of benzene rings is 4. The number of hydrogen-bond donors (Lipinski definition) is 0. The van der Waals surface area contributed by atoms with Gasteiger partial charge in [-0.2, -0.15) is 0 Å². The van der Waals surface area contributed by atoms with Crippen molar-refractivity contribution >= 4 is 121 Å². The average molecular weight is 509 g/mol. The summed E-state index contributed by atoms with van der Waals surface area (Å²) in [7, 11) is 0. The van der Waals surface area contributed by atoms with Gasteiger partial charge in [0.1, 0.15) is 0 Å². The molecule has 0 spiro atoms. The molecule has 0 radical (unpaired) electrons. The number of thiophene rings is 4. The molecule has 0 amide bonds. The lowest BCUT2D eigenvalue weighted by atomic mass is 9.91. The second-order valence-corrected chi connectivity index (χ2v) is 13.8. The molecule has 4 aromatic carbocycles. The van der Waals surface area contributed by atoms with Gasteiger partial charge in [-0.15, -0.1) is 45.3 Å². The second kappa shape index (κ2) is 6.58. The largest absolute Gasteiger partial charge is 0.148 e. The van der Waals surface area contributed by atoms with Gasteiger partial charge in [0.05, 0.1) is 0 Å². The van der Waals surface area contributed by atoms with Gasteiger partial charge in [-0.1, -0.05) is 0 Å². The van der Waals surface area contributed by atoms with E-state index in [9.17, 15) is 0 Å². The summed E-state index contributed by atoms with van der Waals surface area (Å²) in [5.41, 5.74) is 0. The zero-order valence-electron chi connectivity index (χ0n) is 19.3. The molecular weight excluding hydrogens is 489 g/mol. The van der Waals surface area contributed by atoms with Crippen LogP contribution in [0.3, 0.4) is 0 Å². The Balaban J connectivity index is 1.63. The molecule has 0 aliphatic heterocycles. The minimum absolute atomic E-state index is 1.34. The normalized spacial score (nSPS) is 12.7. The minimum atomic E-state index is 1.34. The van der Waals surface area contributed by atoms with Crippen LogP contribution in [-0.2, 0) is 0 Å². The molecule has 0 bridgehead atoms. The molecule has 8 aromatic rings. The van der Waals surface area contributed by atoms with Gasteiger partial charge in [0, 0.05) is 62.6 Å². The molecule has 164 valence electrons. The number of fused-ring (bicyclic) bond motifs is 13. The lowest BCUT2D eigenvalue weighted by Gasteiger charge is -2.11. The van der Waals surface area contributed by atoms with Gasteiger partial charge >= 0.3 is 0 Å². The Labute approximate surface area is 212 Å². The summed E-state index contributed by atoms with van der Waals surface area (Å²) < 4.78 is 0. The summed E-state index contributed by atoms with van der Waals surface area (Å²) in [6, 6.07) is 9.83. The van der Waals surface area contributed by atoms with Gasteiger partial charge in [0.25, 0.3) is 0 Å². The van der Waals surface area contributed by atoms with E-state index in [0.29, 0.717) is 0 Å².